The number of rotatable bonds is 1. The molecule has 0 bridgehead atoms. The average Bonchev–Trinajstić information content (AvgIpc) is 2.58. The molecule has 0 saturated carbocycles. The van der Waals surface area contributed by atoms with E-state index in [9.17, 15) is 0 Å². The van der Waals surface area contributed by atoms with Gasteiger partial charge in [0.1, 0.15) is 12.4 Å². The summed E-state index contributed by atoms with van der Waals surface area (Å²) in [6.07, 6.45) is 0.403. The number of hydrogen-bond donors (Lipinski definition) is 0. The largest absolute Gasteiger partial charge is 0.485 e. The van der Waals surface area contributed by atoms with E-state index in [0.717, 1.165) is 28.4 Å². The molecule has 88 valence electrons. The molecule has 0 amide bonds. The van der Waals surface area contributed by atoms with Gasteiger partial charge in [0.15, 0.2) is 11.5 Å². The third-order valence-electron chi connectivity index (χ3n) is 2.86. The normalized spacial score (nSPS) is 12.2. The summed E-state index contributed by atoms with van der Waals surface area (Å²) >= 11 is 0. The van der Waals surface area contributed by atoms with E-state index in [0.29, 0.717) is 13.0 Å². The summed E-state index contributed by atoms with van der Waals surface area (Å²) in [4.78, 5) is 0. The molecule has 18 heavy (non-hydrogen) atoms. The van der Waals surface area contributed by atoms with Crippen LogP contribution in [0.3, 0.4) is 0 Å². The van der Waals surface area contributed by atoms with Gasteiger partial charge in [-0.05, 0) is 29.8 Å². The Kier molecular flexibility index (Phi) is 2.62. The Morgan fingerprint density at radius 2 is 1.89 bits per heavy atom. The minimum Gasteiger partial charge on any atom is -0.485 e. The van der Waals surface area contributed by atoms with Gasteiger partial charge in [-0.1, -0.05) is 18.2 Å². The molecule has 0 spiro atoms. The molecule has 0 fully saturated rings. The number of benzene rings is 2. The third kappa shape index (κ3) is 1.89. The van der Waals surface area contributed by atoms with E-state index in [1.54, 1.807) is 0 Å². The van der Waals surface area contributed by atoms with E-state index in [1.165, 1.54) is 0 Å². The molecular weight excluding hydrogens is 226 g/mol. The van der Waals surface area contributed by atoms with Crippen molar-refractivity contribution in [1.82, 2.24) is 0 Å². The van der Waals surface area contributed by atoms with Gasteiger partial charge in [-0.2, -0.15) is 5.26 Å². The molecule has 3 nitrogen and oxygen atoms in total. The molecule has 0 N–H and O–H groups in total. The van der Waals surface area contributed by atoms with Gasteiger partial charge in [0.25, 0.3) is 0 Å². The summed E-state index contributed by atoms with van der Waals surface area (Å²) in [5.74, 6) is 2.27. The van der Waals surface area contributed by atoms with Crippen molar-refractivity contribution in [3.8, 4) is 23.3 Å². The second-order valence-corrected chi connectivity index (χ2v) is 4.11. The molecule has 3 heteroatoms. The smallest absolute Gasteiger partial charge is 0.169 e. The molecule has 0 aromatic heterocycles. The summed E-state index contributed by atoms with van der Waals surface area (Å²) in [5.41, 5.74) is 1.95. The summed E-state index contributed by atoms with van der Waals surface area (Å²) in [5, 5.41) is 8.71. The SMILES string of the molecule is N#CCc1ccc2c(c1)COc1ccccc1O2. The lowest BCUT2D eigenvalue weighted by atomic mass is 10.1. The zero-order chi connectivity index (χ0) is 12.4. The van der Waals surface area contributed by atoms with E-state index in [4.69, 9.17) is 14.7 Å². The standard InChI is InChI=1S/C15H11NO2/c16-8-7-11-5-6-13-12(9-11)10-17-14-3-1-2-4-15(14)18-13/h1-6,9H,7,10H2. The Labute approximate surface area is 105 Å². The maximum absolute atomic E-state index is 8.71. The lowest BCUT2D eigenvalue weighted by Crippen LogP contribution is -1.95. The molecule has 1 heterocycles. The first-order chi connectivity index (χ1) is 8.86. The molecule has 2 aromatic rings. The number of hydrogen-bond acceptors (Lipinski definition) is 3. The van der Waals surface area contributed by atoms with Crippen LogP contribution in [0.4, 0.5) is 0 Å². The van der Waals surface area contributed by atoms with Crippen molar-refractivity contribution in [3.05, 3.63) is 53.6 Å². The Bertz CT molecular complexity index is 629. The fourth-order valence-corrected chi connectivity index (χ4v) is 1.97. The first-order valence-corrected chi connectivity index (χ1v) is 5.75. The molecule has 0 aliphatic carbocycles. The fraction of sp³-hybridized carbons (Fsp3) is 0.133. The van der Waals surface area contributed by atoms with Crippen molar-refractivity contribution in [3.63, 3.8) is 0 Å². The minimum absolute atomic E-state index is 0.403. The van der Waals surface area contributed by atoms with Crippen molar-refractivity contribution in [2.75, 3.05) is 0 Å². The highest BCUT2D eigenvalue weighted by Gasteiger charge is 2.15. The van der Waals surface area contributed by atoms with E-state index in [2.05, 4.69) is 6.07 Å². The monoisotopic (exact) mass is 237 g/mol. The van der Waals surface area contributed by atoms with Gasteiger partial charge >= 0.3 is 0 Å². The zero-order valence-corrected chi connectivity index (χ0v) is 9.72. The molecule has 0 unspecified atom stereocenters. The number of nitriles is 1. The topological polar surface area (TPSA) is 42.2 Å². The van der Waals surface area contributed by atoms with Crippen LogP contribution in [-0.4, -0.2) is 0 Å². The molecule has 1 aliphatic heterocycles. The van der Waals surface area contributed by atoms with Crippen LogP contribution in [0.5, 0.6) is 17.2 Å². The van der Waals surface area contributed by atoms with Crippen LogP contribution in [0.15, 0.2) is 42.5 Å². The van der Waals surface area contributed by atoms with Crippen LogP contribution in [0.1, 0.15) is 11.1 Å². The zero-order valence-electron chi connectivity index (χ0n) is 9.72. The molecule has 3 rings (SSSR count). The Morgan fingerprint density at radius 3 is 2.72 bits per heavy atom. The first-order valence-electron chi connectivity index (χ1n) is 5.75. The Hall–Kier alpha value is -2.47. The lowest BCUT2D eigenvalue weighted by molar-refractivity contribution is 0.307. The van der Waals surface area contributed by atoms with E-state index >= 15 is 0 Å². The molecule has 0 atom stereocenters. The summed E-state index contributed by atoms with van der Waals surface area (Å²) < 4.78 is 11.5. The van der Waals surface area contributed by atoms with Crippen molar-refractivity contribution < 1.29 is 9.47 Å². The quantitative estimate of drug-likeness (QED) is 0.763. The highest BCUT2D eigenvalue weighted by atomic mass is 16.5. The van der Waals surface area contributed by atoms with Gasteiger partial charge in [-0.15, -0.1) is 0 Å². The van der Waals surface area contributed by atoms with Crippen molar-refractivity contribution >= 4 is 0 Å². The number of fused-ring (bicyclic) bond motifs is 2. The number of para-hydroxylation sites is 2. The Balaban J connectivity index is 1.99. The van der Waals surface area contributed by atoms with Gasteiger partial charge < -0.3 is 9.47 Å². The van der Waals surface area contributed by atoms with E-state index in [-0.39, 0.29) is 0 Å². The van der Waals surface area contributed by atoms with E-state index in [1.807, 2.05) is 42.5 Å². The van der Waals surface area contributed by atoms with Crippen LogP contribution in [-0.2, 0) is 13.0 Å². The summed E-state index contributed by atoms with van der Waals surface area (Å²) in [6, 6.07) is 15.5. The maximum atomic E-state index is 8.71. The highest BCUT2D eigenvalue weighted by Crippen LogP contribution is 2.37. The van der Waals surface area contributed by atoms with Crippen molar-refractivity contribution in [1.29, 1.82) is 5.26 Å². The van der Waals surface area contributed by atoms with Gasteiger partial charge in [-0.3, -0.25) is 0 Å². The van der Waals surface area contributed by atoms with Crippen LogP contribution < -0.4 is 9.47 Å². The lowest BCUT2D eigenvalue weighted by Gasteiger charge is -2.07. The second-order valence-electron chi connectivity index (χ2n) is 4.11. The molecule has 0 radical (unpaired) electrons. The fourth-order valence-electron chi connectivity index (χ4n) is 1.97. The first kappa shape index (κ1) is 10.7. The van der Waals surface area contributed by atoms with Crippen LogP contribution >= 0.6 is 0 Å². The van der Waals surface area contributed by atoms with Crippen LogP contribution in [0, 0.1) is 11.3 Å². The van der Waals surface area contributed by atoms with Gasteiger partial charge in [0.2, 0.25) is 0 Å². The second kappa shape index (κ2) is 4.42. The number of ether oxygens (including phenoxy) is 2. The van der Waals surface area contributed by atoms with E-state index < -0.39 is 0 Å². The van der Waals surface area contributed by atoms with Gasteiger partial charge in [0.05, 0.1) is 12.5 Å². The molecule has 2 aromatic carbocycles. The van der Waals surface area contributed by atoms with Crippen LogP contribution in [0.2, 0.25) is 0 Å². The maximum Gasteiger partial charge on any atom is 0.169 e. The van der Waals surface area contributed by atoms with Crippen molar-refractivity contribution in [2.45, 2.75) is 13.0 Å². The summed E-state index contributed by atoms with van der Waals surface area (Å²) in [7, 11) is 0. The highest BCUT2D eigenvalue weighted by molar-refractivity contribution is 5.48. The predicted molar refractivity (Wildman–Crippen MR) is 66.6 cm³/mol. The van der Waals surface area contributed by atoms with Gasteiger partial charge in [0, 0.05) is 5.56 Å². The summed E-state index contributed by atoms with van der Waals surface area (Å²) in [6.45, 7) is 0.464. The molecular formula is C15H11NO2. The third-order valence-corrected chi connectivity index (χ3v) is 2.86. The molecule has 0 saturated heterocycles. The minimum atomic E-state index is 0.403. The predicted octanol–water partition coefficient (Wildman–Crippen LogP) is 3.44. The van der Waals surface area contributed by atoms with Gasteiger partial charge in [-0.25, -0.2) is 0 Å². The van der Waals surface area contributed by atoms with Crippen molar-refractivity contribution in [2.24, 2.45) is 0 Å². The average molecular weight is 237 g/mol. The molecule has 1 aliphatic rings. The Morgan fingerprint density at radius 1 is 1.06 bits per heavy atom. The van der Waals surface area contributed by atoms with Crippen LogP contribution in [0.25, 0.3) is 0 Å². The number of nitrogens with zero attached hydrogens (tertiary/aromatic N) is 1.